The van der Waals surface area contributed by atoms with Crippen LogP contribution in [-0.2, 0) is 4.79 Å². The Morgan fingerprint density at radius 3 is 2.77 bits per heavy atom. The zero-order valence-corrected chi connectivity index (χ0v) is 15.7. The second-order valence-corrected chi connectivity index (χ2v) is 7.07. The van der Waals surface area contributed by atoms with E-state index in [9.17, 15) is 9.59 Å². The van der Waals surface area contributed by atoms with Gasteiger partial charge in [-0.25, -0.2) is 0 Å². The quantitative estimate of drug-likeness (QED) is 0.872. The fourth-order valence-corrected chi connectivity index (χ4v) is 3.77. The predicted octanol–water partition coefficient (Wildman–Crippen LogP) is 3.26. The van der Waals surface area contributed by atoms with E-state index >= 15 is 0 Å². The van der Waals surface area contributed by atoms with E-state index in [4.69, 9.17) is 9.47 Å². The van der Waals surface area contributed by atoms with Crippen LogP contribution in [0.2, 0.25) is 0 Å². The summed E-state index contributed by atoms with van der Waals surface area (Å²) in [5.74, 6) is 0.848. The number of piperidine rings is 1. The molecule has 26 heavy (non-hydrogen) atoms. The van der Waals surface area contributed by atoms with Crippen molar-refractivity contribution in [1.82, 2.24) is 4.90 Å². The third-order valence-corrected chi connectivity index (χ3v) is 5.33. The third-order valence-electron chi connectivity index (χ3n) is 4.48. The molecule has 0 saturated carbocycles. The molecule has 2 aromatic rings. The number of benzene rings is 1. The molecule has 2 heterocycles. The molecule has 0 radical (unpaired) electrons. The molecule has 1 aliphatic rings. The first-order chi connectivity index (χ1) is 12.6. The van der Waals surface area contributed by atoms with Gasteiger partial charge in [0, 0.05) is 19.2 Å². The SMILES string of the molecule is COc1ccc(OC)c(NC(=O)C2CCCN(C(=O)c3cccs3)C2)c1. The van der Waals surface area contributed by atoms with Gasteiger partial charge < -0.3 is 19.7 Å². The number of nitrogens with one attached hydrogen (secondary N) is 1. The van der Waals surface area contributed by atoms with Gasteiger partial charge in [0.2, 0.25) is 5.91 Å². The summed E-state index contributed by atoms with van der Waals surface area (Å²) in [5.41, 5.74) is 0.568. The lowest BCUT2D eigenvalue weighted by Crippen LogP contribution is -2.43. The Morgan fingerprint density at radius 1 is 1.23 bits per heavy atom. The minimum absolute atomic E-state index is 0.00328. The fraction of sp³-hybridized carbons (Fsp3) is 0.368. The van der Waals surface area contributed by atoms with Gasteiger partial charge in [-0.05, 0) is 36.4 Å². The van der Waals surface area contributed by atoms with Gasteiger partial charge in [-0.2, -0.15) is 0 Å². The van der Waals surface area contributed by atoms with Gasteiger partial charge in [0.15, 0.2) is 0 Å². The molecule has 1 N–H and O–H groups in total. The molecule has 6 nitrogen and oxygen atoms in total. The molecule has 0 bridgehead atoms. The highest BCUT2D eigenvalue weighted by atomic mass is 32.1. The number of carbonyl (C=O) groups excluding carboxylic acids is 2. The molecular formula is C19H22N2O4S. The summed E-state index contributed by atoms with van der Waals surface area (Å²) in [6.45, 7) is 1.11. The van der Waals surface area contributed by atoms with Crippen LogP contribution in [0.3, 0.4) is 0 Å². The van der Waals surface area contributed by atoms with Gasteiger partial charge in [-0.15, -0.1) is 11.3 Å². The molecule has 1 aliphatic heterocycles. The van der Waals surface area contributed by atoms with E-state index in [1.54, 1.807) is 37.3 Å². The molecule has 1 saturated heterocycles. The van der Waals surface area contributed by atoms with Crippen molar-refractivity contribution in [2.75, 3.05) is 32.6 Å². The molecule has 1 unspecified atom stereocenters. The highest BCUT2D eigenvalue weighted by molar-refractivity contribution is 7.12. The van der Waals surface area contributed by atoms with Crippen molar-refractivity contribution in [2.24, 2.45) is 5.92 Å². The highest BCUT2D eigenvalue weighted by Crippen LogP contribution is 2.30. The highest BCUT2D eigenvalue weighted by Gasteiger charge is 2.29. The standard InChI is InChI=1S/C19H22N2O4S/c1-24-14-7-8-16(25-2)15(11-14)20-18(22)13-5-3-9-21(12-13)19(23)17-6-4-10-26-17/h4,6-8,10-11,13H,3,5,9,12H2,1-2H3,(H,20,22). The zero-order valence-electron chi connectivity index (χ0n) is 14.9. The lowest BCUT2D eigenvalue weighted by molar-refractivity contribution is -0.121. The summed E-state index contributed by atoms with van der Waals surface area (Å²) in [5, 5.41) is 4.81. The Kier molecular flexibility index (Phi) is 5.78. The van der Waals surface area contributed by atoms with Gasteiger partial charge in [0.1, 0.15) is 11.5 Å². The van der Waals surface area contributed by atoms with E-state index in [0.717, 1.165) is 12.8 Å². The number of amides is 2. The number of likely N-dealkylation sites (tertiary alicyclic amines) is 1. The van der Waals surface area contributed by atoms with E-state index in [0.29, 0.717) is 35.2 Å². The maximum absolute atomic E-state index is 12.7. The van der Waals surface area contributed by atoms with Crippen LogP contribution in [0.1, 0.15) is 22.5 Å². The molecule has 1 aromatic carbocycles. The van der Waals surface area contributed by atoms with Crippen molar-refractivity contribution in [1.29, 1.82) is 0 Å². The van der Waals surface area contributed by atoms with Crippen LogP contribution in [0.5, 0.6) is 11.5 Å². The Hall–Kier alpha value is -2.54. The molecule has 0 aliphatic carbocycles. The van der Waals surface area contributed by atoms with Crippen molar-refractivity contribution < 1.29 is 19.1 Å². The topological polar surface area (TPSA) is 67.9 Å². The van der Waals surface area contributed by atoms with Crippen molar-refractivity contribution in [2.45, 2.75) is 12.8 Å². The van der Waals surface area contributed by atoms with Crippen LogP contribution in [0.15, 0.2) is 35.7 Å². The summed E-state index contributed by atoms with van der Waals surface area (Å²) in [7, 11) is 3.13. The molecule has 1 fully saturated rings. The molecule has 2 amide bonds. The van der Waals surface area contributed by atoms with Crippen molar-refractivity contribution >= 4 is 28.8 Å². The summed E-state index contributed by atoms with van der Waals surface area (Å²) in [6.07, 6.45) is 1.57. The first kappa shape index (κ1) is 18.3. The van der Waals surface area contributed by atoms with E-state index in [-0.39, 0.29) is 17.7 Å². The van der Waals surface area contributed by atoms with Crippen LogP contribution < -0.4 is 14.8 Å². The van der Waals surface area contributed by atoms with Crippen LogP contribution in [-0.4, -0.2) is 44.0 Å². The van der Waals surface area contributed by atoms with Crippen molar-refractivity contribution in [3.05, 3.63) is 40.6 Å². The number of hydrogen-bond acceptors (Lipinski definition) is 5. The van der Waals surface area contributed by atoms with Crippen LogP contribution in [0.4, 0.5) is 5.69 Å². The number of rotatable bonds is 5. The first-order valence-electron chi connectivity index (χ1n) is 8.48. The molecule has 1 aromatic heterocycles. The molecular weight excluding hydrogens is 352 g/mol. The zero-order chi connectivity index (χ0) is 18.5. The van der Waals surface area contributed by atoms with Crippen LogP contribution in [0.25, 0.3) is 0 Å². The molecule has 138 valence electrons. The Bertz CT molecular complexity index is 776. The van der Waals surface area contributed by atoms with Gasteiger partial charge in [-0.3, -0.25) is 9.59 Å². The van der Waals surface area contributed by atoms with Crippen LogP contribution >= 0.6 is 11.3 Å². The van der Waals surface area contributed by atoms with Gasteiger partial charge >= 0.3 is 0 Å². The smallest absolute Gasteiger partial charge is 0.263 e. The number of ether oxygens (including phenoxy) is 2. The average molecular weight is 374 g/mol. The van der Waals surface area contributed by atoms with Gasteiger partial charge in [0.25, 0.3) is 5.91 Å². The third kappa shape index (κ3) is 3.99. The number of nitrogens with zero attached hydrogens (tertiary/aromatic N) is 1. The van der Waals surface area contributed by atoms with Crippen molar-refractivity contribution in [3.63, 3.8) is 0 Å². The monoisotopic (exact) mass is 374 g/mol. The Morgan fingerprint density at radius 2 is 2.08 bits per heavy atom. The second-order valence-electron chi connectivity index (χ2n) is 6.12. The van der Waals surface area contributed by atoms with Gasteiger partial charge in [-0.1, -0.05) is 6.07 Å². The maximum Gasteiger partial charge on any atom is 0.263 e. The molecule has 1 atom stereocenters. The minimum Gasteiger partial charge on any atom is -0.497 e. The lowest BCUT2D eigenvalue weighted by Gasteiger charge is -2.31. The number of anilines is 1. The van der Waals surface area contributed by atoms with E-state index in [1.807, 2.05) is 17.5 Å². The fourth-order valence-electron chi connectivity index (χ4n) is 3.08. The normalized spacial score (nSPS) is 16.8. The summed E-state index contributed by atoms with van der Waals surface area (Å²) in [6, 6.07) is 8.94. The van der Waals surface area contributed by atoms with Crippen LogP contribution in [0, 0.1) is 5.92 Å². The Labute approximate surface area is 156 Å². The molecule has 0 spiro atoms. The Balaban J connectivity index is 1.69. The predicted molar refractivity (Wildman–Crippen MR) is 101 cm³/mol. The van der Waals surface area contributed by atoms with Crippen molar-refractivity contribution in [3.8, 4) is 11.5 Å². The van der Waals surface area contributed by atoms with E-state index < -0.39 is 0 Å². The molecule has 3 rings (SSSR count). The minimum atomic E-state index is -0.247. The van der Waals surface area contributed by atoms with Gasteiger partial charge in [0.05, 0.1) is 30.7 Å². The van der Waals surface area contributed by atoms with E-state index in [1.165, 1.54) is 11.3 Å². The summed E-state index contributed by atoms with van der Waals surface area (Å²) >= 11 is 1.42. The summed E-state index contributed by atoms with van der Waals surface area (Å²) < 4.78 is 10.5. The number of hydrogen-bond donors (Lipinski definition) is 1. The lowest BCUT2D eigenvalue weighted by atomic mass is 9.96. The number of methoxy groups -OCH3 is 2. The number of thiophene rings is 1. The van der Waals surface area contributed by atoms with E-state index in [2.05, 4.69) is 5.32 Å². The largest absolute Gasteiger partial charge is 0.497 e. The second kappa shape index (κ2) is 8.23. The number of carbonyl (C=O) groups is 2. The first-order valence-corrected chi connectivity index (χ1v) is 9.36. The molecule has 7 heteroatoms. The maximum atomic E-state index is 12.7. The average Bonchev–Trinajstić information content (AvgIpc) is 3.22. The summed E-state index contributed by atoms with van der Waals surface area (Å²) in [4.78, 5) is 27.8.